The van der Waals surface area contributed by atoms with Crippen LogP contribution in [0.5, 0.6) is 0 Å². The fraction of sp³-hybridized carbons (Fsp3) is 0.0833. The van der Waals surface area contributed by atoms with Crippen molar-refractivity contribution in [3.8, 4) is 17.3 Å². The Morgan fingerprint density at radius 2 is 2.00 bits per heavy atom. The lowest BCUT2D eigenvalue weighted by molar-refractivity contribution is 1.19. The number of nitriles is 1. The van der Waals surface area contributed by atoms with Crippen LogP contribution in [0.1, 0.15) is 5.56 Å². The Morgan fingerprint density at radius 3 is 2.50 bits per heavy atom. The maximum atomic E-state index is 8.96. The van der Waals surface area contributed by atoms with Crippen molar-refractivity contribution in [3.05, 3.63) is 40.4 Å². The van der Waals surface area contributed by atoms with Crippen LogP contribution in [0.2, 0.25) is 0 Å². The van der Waals surface area contributed by atoms with Gasteiger partial charge in [0.05, 0.1) is 10.6 Å². The van der Waals surface area contributed by atoms with Crippen LogP contribution >= 0.6 is 27.7 Å². The molecule has 2 aromatic rings. The number of thioether (sulfide) groups is 1. The van der Waals surface area contributed by atoms with E-state index in [1.165, 1.54) is 0 Å². The van der Waals surface area contributed by atoms with Gasteiger partial charge in [-0.1, -0.05) is 28.1 Å². The summed E-state index contributed by atoms with van der Waals surface area (Å²) in [5, 5.41) is 9.88. The molecule has 1 N–H and O–H groups in total. The smallest absolute Gasteiger partial charge is 0.102 e. The van der Waals surface area contributed by atoms with Crippen molar-refractivity contribution in [2.24, 2.45) is 0 Å². The number of aromatic nitrogens is 1. The molecule has 0 bridgehead atoms. The average Bonchev–Trinajstić information content (AvgIpc) is 2.73. The second-order valence-corrected chi connectivity index (χ2v) is 4.98. The molecule has 2 rings (SSSR count). The van der Waals surface area contributed by atoms with Crippen LogP contribution in [-0.2, 0) is 0 Å². The van der Waals surface area contributed by atoms with E-state index in [4.69, 9.17) is 5.26 Å². The van der Waals surface area contributed by atoms with E-state index in [-0.39, 0.29) is 0 Å². The van der Waals surface area contributed by atoms with Gasteiger partial charge in [0.25, 0.3) is 0 Å². The Bertz CT molecular complexity index is 537. The molecule has 16 heavy (non-hydrogen) atoms. The molecule has 4 heteroatoms. The van der Waals surface area contributed by atoms with Crippen LogP contribution < -0.4 is 0 Å². The highest BCUT2D eigenvalue weighted by Gasteiger charge is 2.07. The minimum absolute atomic E-state index is 0.699. The van der Waals surface area contributed by atoms with Gasteiger partial charge in [0.15, 0.2) is 0 Å². The lowest BCUT2D eigenvalue weighted by Crippen LogP contribution is -1.77. The van der Waals surface area contributed by atoms with Gasteiger partial charge in [-0.05, 0) is 30.0 Å². The van der Waals surface area contributed by atoms with Gasteiger partial charge < -0.3 is 4.98 Å². The lowest BCUT2D eigenvalue weighted by Gasteiger charge is -1.97. The highest BCUT2D eigenvalue weighted by Crippen LogP contribution is 2.27. The number of hydrogen-bond acceptors (Lipinski definition) is 2. The first-order valence-electron chi connectivity index (χ1n) is 4.67. The molecule has 0 aliphatic carbocycles. The second-order valence-electron chi connectivity index (χ2n) is 3.25. The first kappa shape index (κ1) is 11.3. The first-order chi connectivity index (χ1) is 7.74. The Morgan fingerprint density at radius 1 is 1.31 bits per heavy atom. The van der Waals surface area contributed by atoms with Gasteiger partial charge in [-0.25, -0.2) is 0 Å². The van der Waals surface area contributed by atoms with Crippen LogP contribution in [0.15, 0.2) is 39.8 Å². The summed E-state index contributed by atoms with van der Waals surface area (Å²) in [6.45, 7) is 0. The topological polar surface area (TPSA) is 39.6 Å². The maximum Gasteiger partial charge on any atom is 0.102 e. The molecule has 0 unspecified atom stereocenters. The summed E-state index contributed by atoms with van der Waals surface area (Å²) < 4.78 is 1.05. The molecule has 0 saturated carbocycles. The molecule has 2 nitrogen and oxygen atoms in total. The van der Waals surface area contributed by atoms with Gasteiger partial charge in [0.2, 0.25) is 0 Å². The number of H-pyrrole nitrogens is 1. The Balaban J connectivity index is 2.45. The highest BCUT2D eigenvalue weighted by atomic mass is 79.9. The molecule has 1 aromatic carbocycles. The van der Waals surface area contributed by atoms with Crippen molar-refractivity contribution >= 4 is 27.7 Å². The molecular formula is C12H9BrN2S. The minimum Gasteiger partial charge on any atom is -0.349 e. The van der Waals surface area contributed by atoms with Crippen LogP contribution in [0.3, 0.4) is 0 Å². The summed E-state index contributed by atoms with van der Waals surface area (Å²) >= 11 is 4.95. The summed E-state index contributed by atoms with van der Waals surface area (Å²) in [5.41, 5.74) is 2.76. The quantitative estimate of drug-likeness (QED) is 0.849. The van der Waals surface area contributed by atoms with E-state index in [9.17, 15) is 0 Å². The zero-order valence-corrected chi connectivity index (χ0v) is 11.0. The maximum absolute atomic E-state index is 8.96. The first-order valence-corrected chi connectivity index (χ1v) is 6.69. The molecule has 0 radical (unpaired) electrons. The van der Waals surface area contributed by atoms with Crippen molar-refractivity contribution in [2.75, 3.05) is 6.26 Å². The molecule has 0 atom stereocenters. The monoisotopic (exact) mass is 292 g/mol. The molecule has 0 spiro atoms. The van der Waals surface area contributed by atoms with E-state index in [0.29, 0.717) is 5.56 Å². The third-order valence-electron chi connectivity index (χ3n) is 2.26. The predicted molar refractivity (Wildman–Crippen MR) is 70.4 cm³/mol. The summed E-state index contributed by atoms with van der Waals surface area (Å²) in [5.74, 6) is 0. The van der Waals surface area contributed by atoms with E-state index < -0.39 is 0 Å². The Hall–Kier alpha value is -1.18. The molecule has 0 saturated heterocycles. The third-order valence-corrected chi connectivity index (χ3v) is 3.52. The number of nitrogens with zero attached hydrogens (tertiary/aromatic N) is 1. The fourth-order valence-electron chi connectivity index (χ4n) is 1.46. The van der Waals surface area contributed by atoms with E-state index in [0.717, 1.165) is 20.8 Å². The van der Waals surface area contributed by atoms with Gasteiger partial charge in [-0.3, -0.25) is 0 Å². The summed E-state index contributed by atoms with van der Waals surface area (Å²) in [4.78, 5) is 3.24. The fourth-order valence-corrected chi connectivity index (χ4v) is 2.27. The standard InChI is InChI=1S/C12H9BrN2S/c1-16-12-9(7-14)6-11(15-12)8-2-4-10(13)5-3-8/h2-6,15H,1H3. The SMILES string of the molecule is CSc1[nH]c(-c2ccc(Br)cc2)cc1C#N. The van der Waals surface area contributed by atoms with Gasteiger partial charge >= 0.3 is 0 Å². The van der Waals surface area contributed by atoms with E-state index in [1.54, 1.807) is 11.8 Å². The summed E-state index contributed by atoms with van der Waals surface area (Å²) in [6.07, 6.45) is 1.96. The number of hydrogen-bond donors (Lipinski definition) is 1. The Kier molecular flexibility index (Phi) is 3.37. The van der Waals surface area contributed by atoms with Crippen molar-refractivity contribution in [1.29, 1.82) is 5.26 Å². The average molecular weight is 293 g/mol. The zero-order valence-electron chi connectivity index (χ0n) is 8.62. The normalized spacial score (nSPS) is 10.1. The molecule has 1 aromatic heterocycles. The van der Waals surface area contributed by atoms with E-state index in [1.807, 2.05) is 36.6 Å². The number of rotatable bonds is 2. The van der Waals surface area contributed by atoms with Gasteiger partial charge in [0.1, 0.15) is 6.07 Å². The summed E-state index contributed by atoms with van der Waals surface area (Å²) in [7, 11) is 0. The van der Waals surface area contributed by atoms with Crippen LogP contribution in [0, 0.1) is 11.3 Å². The molecule has 0 aliphatic heterocycles. The highest BCUT2D eigenvalue weighted by molar-refractivity contribution is 9.10. The molecule has 0 fully saturated rings. The van der Waals surface area contributed by atoms with Gasteiger partial charge in [0, 0.05) is 10.2 Å². The molecule has 0 aliphatic rings. The van der Waals surface area contributed by atoms with Gasteiger partial charge in [-0.2, -0.15) is 5.26 Å². The molecule has 1 heterocycles. The minimum atomic E-state index is 0.699. The van der Waals surface area contributed by atoms with Crippen molar-refractivity contribution < 1.29 is 0 Å². The molecule has 0 amide bonds. The summed E-state index contributed by atoms with van der Waals surface area (Å²) in [6, 6.07) is 12.1. The number of aromatic amines is 1. The predicted octanol–water partition coefficient (Wildman–Crippen LogP) is 4.04. The second kappa shape index (κ2) is 4.77. The van der Waals surface area contributed by atoms with E-state index in [2.05, 4.69) is 27.0 Å². The Labute approximate surface area is 107 Å². The van der Waals surface area contributed by atoms with Crippen molar-refractivity contribution in [2.45, 2.75) is 5.03 Å². The zero-order chi connectivity index (χ0) is 11.5. The third kappa shape index (κ3) is 2.16. The number of halogens is 1. The molecule has 80 valence electrons. The van der Waals surface area contributed by atoms with Crippen molar-refractivity contribution in [3.63, 3.8) is 0 Å². The van der Waals surface area contributed by atoms with Crippen LogP contribution in [-0.4, -0.2) is 11.2 Å². The van der Waals surface area contributed by atoms with Crippen molar-refractivity contribution in [1.82, 2.24) is 4.98 Å². The van der Waals surface area contributed by atoms with Crippen LogP contribution in [0.4, 0.5) is 0 Å². The largest absolute Gasteiger partial charge is 0.349 e. The van der Waals surface area contributed by atoms with Crippen LogP contribution in [0.25, 0.3) is 11.3 Å². The number of nitrogens with one attached hydrogen (secondary N) is 1. The van der Waals surface area contributed by atoms with E-state index >= 15 is 0 Å². The van der Waals surface area contributed by atoms with Gasteiger partial charge in [-0.15, -0.1) is 11.8 Å². The number of benzene rings is 1. The molecular weight excluding hydrogens is 284 g/mol. The lowest BCUT2D eigenvalue weighted by atomic mass is 10.1.